The van der Waals surface area contributed by atoms with Crippen LogP contribution >= 0.6 is 11.6 Å². The number of nitrogens with zero attached hydrogens (tertiary/aromatic N) is 2. The van der Waals surface area contributed by atoms with Crippen LogP contribution in [0.1, 0.15) is 10.4 Å². The van der Waals surface area contributed by atoms with E-state index in [1.807, 2.05) is 0 Å². The lowest BCUT2D eigenvalue weighted by Crippen LogP contribution is -2.13. The summed E-state index contributed by atoms with van der Waals surface area (Å²) in [5.74, 6) is -0.338. The predicted molar refractivity (Wildman–Crippen MR) is 65.8 cm³/mol. The number of hydrogen-bond acceptors (Lipinski definition) is 4. The van der Waals surface area contributed by atoms with Crippen molar-refractivity contribution in [3.63, 3.8) is 0 Å². The largest absolute Gasteiger partial charge is 0.396 e. The molecule has 0 fully saturated rings. The van der Waals surface area contributed by atoms with Gasteiger partial charge < -0.3 is 11.1 Å². The molecule has 0 bridgehead atoms. The number of rotatable bonds is 2. The molecule has 0 aliphatic rings. The number of nitrogen functional groups attached to an aromatic ring is 1. The Kier molecular flexibility index (Phi) is 3.20. The normalized spacial score (nSPS) is 9.94. The van der Waals surface area contributed by atoms with E-state index in [1.165, 1.54) is 24.7 Å². The van der Waals surface area contributed by atoms with Crippen LogP contribution in [0.5, 0.6) is 0 Å². The number of carbonyl (C=O) groups is 1. The first-order chi connectivity index (χ1) is 8.18. The van der Waals surface area contributed by atoms with E-state index in [9.17, 15) is 4.79 Å². The van der Waals surface area contributed by atoms with E-state index >= 15 is 0 Å². The van der Waals surface area contributed by atoms with Gasteiger partial charge in [0.25, 0.3) is 5.91 Å². The second kappa shape index (κ2) is 4.80. The van der Waals surface area contributed by atoms with Crippen LogP contribution in [0.15, 0.2) is 36.9 Å². The Hall–Kier alpha value is -2.14. The highest BCUT2D eigenvalue weighted by atomic mass is 35.5. The second-order valence-electron chi connectivity index (χ2n) is 3.27. The Labute approximate surface area is 103 Å². The van der Waals surface area contributed by atoms with Crippen molar-refractivity contribution in [2.45, 2.75) is 0 Å². The maximum Gasteiger partial charge on any atom is 0.257 e. The van der Waals surface area contributed by atoms with E-state index in [0.29, 0.717) is 16.9 Å². The smallest absolute Gasteiger partial charge is 0.257 e. The van der Waals surface area contributed by atoms with Gasteiger partial charge in [0.15, 0.2) is 0 Å². The van der Waals surface area contributed by atoms with Gasteiger partial charge in [-0.2, -0.15) is 0 Å². The molecule has 5 nitrogen and oxygen atoms in total. The molecule has 2 aromatic heterocycles. The van der Waals surface area contributed by atoms with Gasteiger partial charge in [-0.1, -0.05) is 11.6 Å². The molecule has 0 radical (unpaired) electrons. The fraction of sp³-hybridized carbons (Fsp3) is 0. The van der Waals surface area contributed by atoms with Crippen molar-refractivity contribution in [2.75, 3.05) is 11.1 Å². The molecule has 86 valence electrons. The van der Waals surface area contributed by atoms with Gasteiger partial charge in [-0.05, 0) is 12.1 Å². The summed E-state index contributed by atoms with van der Waals surface area (Å²) in [5.41, 5.74) is 6.90. The van der Waals surface area contributed by atoms with Gasteiger partial charge in [0, 0.05) is 18.6 Å². The Balaban J connectivity index is 2.24. The third kappa shape index (κ3) is 2.51. The highest BCUT2D eigenvalue weighted by Crippen LogP contribution is 2.19. The van der Waals surface area contributed by atoms with Gasteiger partial charge >= 0.3 is 0 Å². The maximum absolute atomic E-state index is 11.9. The van der Waals surface area contributed by atoms with E-state index in [0.717, 1.165) is 0 Å². The quantitative estimate of drug-likeness (QED) is 0.851. The minimum absolute atomic E-state index is 0.289. The summed E-state index contributed by atoms with van der Waals surface area (Å²) < 4.78 is 0. The zero-order chi connectivity index (χ0) is 12.3. The maximum atomic E-state index is 11.9. The van der Waals surface area contributed by atoms with E-state index in [2.05, 4.69) is 15.3 Å². The van der Waals surface area contributed by atoms with Crippen LogP contribution in [0.25, 0.3) is 0 Å². The lowest BCUT2D eigenvalue weighted by Gasteiger charge is -2.07. The van der Waals surface area contributed by atoms with Gasteiger partial charge in [0.1, 0.15) is 0 Å². The fourth-order valence-corrected chi connectivity index (χ4v) is 1.47. The molecule has 0 aliphatic carbocycles. The molecule has 0 unspecified atom stereocenters. The third-order valence-electron chi connectivity index (χ3n) is 2.12. The summed E-state index contributed by atoms with van der Waals surface area (Å²) in [6.45, 7) is 0. The zero-order valence-electron chi connectivity index (χ0n) is 8.72. The molecule has 0 saturated carbocycles. The monoisotopic (exact) mass is 248 g/mol. The molecule has 2 rings (SSSR count). The van der Waals surface area contributed by atoms with Crippen LogP contribution in [0.2, 0.25) is 5.02 Å². The fourth-order valence-electron chi connectivity index (χ4n) is 1.27. The molecule has 2 aromatic rings. The minimum Gasteiger partial charge on any atom is -0.396 e. The number of nitrogens with one attached hydrogen (secondary N) is 1. The predicted octanol–water partition coefficient (Wildman–Crippen LogP) is 1.96. The highest BCUT2D eigenvalue weighted by molar-refractivity contribution is 6.34. The SMILES string of the molecule is Nc1cnccc1NC(=O)c1ccncc1Cl. The molecule has 2 heterocycles. The molecule has 3 N–H and O–H groups in total. The lowest BCUT2D eigenvalue weighted by molar-refractivity contribution is 0.102. The standard InChI is InChI=1S/C11H9ClN4O/c12-8-5-14-3-1-7(8)11(17)16-10-2-4-15-6-9(10)13/h1-6H,13H2,(H,15,16,17). The first-order valence-electron chi connectivity index (χ1n) is 4.79. The van der Waals surface area contributed by atoms with Crippen LogP contribution in [-0.2, 0) is 0 Å². The number of pyridine rings is 2. The number of anilines is 2. The molecule has 1 amide bonds. The Morgan fingerprint density at radius 2 is 1.94 bits per heavy atom. The van der Waals surface area contributed by atoms with Gasteiger partial charge in [0.05, 0.1) is 28.2 Å². The lowest BCUT2D eigenvalue weighted by atomic mass is 10.2. The van der Waals surface area contributed by atoms with Crippen molar-refractivity contribution in [1.82, 2.24) is 9.97 Å². The average molecular weight is 249 g/mol. The highest BCUT2D eigenvalue weighted by Gasteiger charge is 2.11. The van der Waals surface area contributed by atoms with Crippen molar-refractivity contribution >= 4 is 28.9 Å². The van der Waals surface area contributed by atoms with Crippen molar-refractivity contribution < 1.29 is 4.79 Å². The molecule has 0 atom stereocenters. The van der Waals surface area contributed by atoms with Crippen molar-refractivity contribution in [3.8, 4) is 0 Å². The first-order valence-corrected chi connectivity index (χ1v) is 5.16. The zero-order valence-corrected chi connectivity index (χ0v) is 9.48. The number of hydrogen-bond donors (Lipinski definition) is 2. The van der Waals surface area contributed by atoms with Crippen molar-refractivity contribution in [3.05, 3.63) is 47.5 Å². The Morgan fingerprint density at radius 3 is 2.65 bits per heavy atom. The molecule has 17 heavy (non-hydrogen) atoms. The third-order valence-corrected chi connectivity index (χ3v) is 2.42. The van der Waals surface area contributed by atoms with E-state index < -0.39 is 0 Å². The average Bonchev–Trinajstić information content (AvgIpc) is 2.32. The van der Waals surface area contributed by atoms with Crippen LogP contribution in [0, 0.1) is 0 Å². The number of nitrogens with two attached hydrogens (primary N) is 1. The first kappa shape index (κ1) is 11.3. The number of amides is 1. The van der Waals surface area contributed by atoms with Crippen LogP contribution < -0.4 is 11.1 Å². The summed E-state index contributed by atoms with van der Waals surface area (Å²) in [7, 11) is 0. The van der Waals surface area contributed by atoms with Crippen LogP contribution in [0.4, 0.5) is 11.4 Å². The molecule has 0 aromatic carbocycles. The topological polar surface area (TPSA) is 80.9 Å². The summed E-state index contributed by atoms with van der Waals surface area (Å²) in [4.78, 5) is 19.5. The van der Waals surface area contributed by atoms with Crippen LogP contribution in [0.3, 0.4) is 0 Å². The minimum atomic E-state index is -0.338. The number of halogens is 1. The van der Waals surface area contributed by atoms with Crippen molar-refractivity contribution in [2.24, 2.45) is 0 Å². The molecule has 0 spiro atoms. The van der Waals surface area contributed by atoms with Crippen LogP contribution in [-0.4, -0.2) is 15.9 Å². The number of carbonyl (C=O) groups excluding carboxylic acids is 1. The van der Waals surface area contributed by atoms with Gasteiger partial charge in [-0.25, -0.2) is 0 Å². The molecular weight excluding hydrogens is 240 g/mol. The molecule has 0 aliphatic heterocycles. The number of aromatic nitrogens is 2. The molecular formula is C11H9ClN4O. The van der Waals surface area contributed by atoms with Gasteiger partial charge in [-0.3, -0.25) is 14.8 Å². The Morgan fingerprint density at radius 1 is 1.24 bits per heavy atom. The summed E-state index contributed by atoms with van der Waals surface area (Å²) >= 11 is 5.86. The summed E-state index contributed by atoms with van der Waals surface area (Å²) in [6, 6.07) is 3.15. The van der Waals surface area contributed by atoms with E-state index in [1.54, 1.807) is 12.3 Å². The molecule has 6 heteroatoms. The van der Waals surface area contributed by atoms with Gasteiger partial charge in [-0.15, -0.1) is 0 Å². The molecule has 0 saturated heterocycles. The van der Waals surface area contributed by atoms with Gasteiger partial charge in [0.2, 0.25) is 0 Å². The second-order valence-corrected chi connectivity index (χ2v) is 3.68. The van der Waals surface area contributed by atoms with Crippen molar-refractivity contribution in [1.29, 1.82) is 0 Å². The van der Waals surface area contributed by atoms with E-state index in [4.69, 9.17) is 17.3 Å². The van der Waals surface area contributed by atoms with E-state index in [-0.39, 0.29) is 10.9 Å². The summed E-state index contributed by atoms with van der Waals surface area (Å²) in [5, 5.41) is 2.94. The summed E-state index contributed by atoms with van der Waals surface area (Å²) in [6.07, 6.45) is 5.91. The Bertz CT molecular complexity index is 559.